The highest BCUT2D eigenvalue weighted by molar-refractivity contribution is 7.13. The first-order chi connectivity index (χ1) is 26.3. The fourth-order valence-electron chi connectivity index (χ4n) is 7.71. The van der Waals surface area contributed by atoms with Crippen molar-refractivity contribution < 1.29 is 28.7 Å². The lowest BCUT2D eigenvalue weighted by molar-refractivity contribution is -0.155. The van der Waals surface area contributed by atoms with Crippen molar-refractivity contribution in [3.8, 4) is 22.0 Å². The van der Waals surface area contributed by atoms with Crippen LogP contribution in [0.1, 0.15) is 77.4 Å². The smallest absolute Gasteiger partial charge is 0.324 e. The summed E-state index contributed by atoms with van der Waals surface area (Å²) in [6.45, 7) is 13.1. The number of carbonyl (C=O) groups excluding carboxylic acids is 4. The monoisotopic (exact) mass is 772 g/mol. The van der Waals surface area contributed by atoms with Gasteiger partial charge in [0.1, 0.15) is 23.1 Å². The number of nitrogens with zero attached hydrogens (tertiary/aromatic N) is 6. The minimum absolute atomic E-state index is 0.0868. The molecule has 0 spiro atoms. The molecule has 4 aromatic heterocycles. The summed E-state index contributed by atoms with van der Waals surface area (Å²) >= 11 is 1.42. The van der Waals surface area contributed by atoms with E-state index in [1.54, 1.807) is 20.4 Å². The number of rotatable bonds is 9. The van der Waals surface area contributed by atoms with E-state index in [2.05, 4.69) is 48.2 Å². The summed E-state index contributed by atoms with van der Waals surface area (Å²) in [5, 5.41) is 7.88. The number of pyridine rings is 2. The van der Waals surface area contributed by atoms with Gasteiger partial charge in [-0.05, 0) is 62.8 Å². The van der Waals surface area contributed by atoms with Gasteiger partial charge >= 0.3 is 5.97 Å². The fourth-order valence-corrected chi connectivity index (χ4v) is 8.51. The van der Waals surface area contributed by atoms with Crippen LogP contribution in [0.5, 0.6) is 0 Å². The molecular formula is C40H52N8O6S. The van der Waals surface area contributed by atoms with Gasteiger partial charge in [-0.3, -0.25) is 34.2 Å². The van der Waals surface area contributed by atoms with E-state index in [0.717, 1.165) is 33.4 Å². The molecule has 294 valence electrons. The molecule has 6 bridgehead atoms. The minimum Gasteiger partial charge on any atom is -0.464 e. The molecule has 0 saturated carbocycles. The number of hydrogen-bond acceptors (Lipinski definition) is 11. The molecule has 0 aliphatic carbocycles. The van der Waals surface area contributed by atoms with Crippen molar-refractivity contribution in [3.05, 3.63) is 52.9 Å². The average Bonchev–Trinajstić information content (AvgIpc) is 3.77. The Morgan fingerprint density at radius 2 is 2.04 bits per heavy atom. The van der Waals surface area contributed by atoms with Gasteiger partial charge in [0, 0.05) is 61.6 Å². The summed E-state index contributed by atoms with van der Waals surface area (Å²) in [7, 11) is 3.22. The van der Waals surface area contributed by atoms with E-state index < -0.39 is 41.3 Å². The minimum atomic E-state index is -1.03. The third kappa shape index (κ3) is 8.29. The summed E-state index contributed by atoms with van der Waals surface area (Å²) in [5.74, 6) is -1.53. The van der Waals surface area contributed by atoms with Gasteiger partial charge in [0.05, 0.1) is 47.2 Å². The van der Waals surface area contributed by atoms with Crippen molar-refractivity contribution in [2.75, 3.05) is 27.3 Å². The zero-order valence-corrected chi connectivity index (χ0v) is 33.7. The molecule has 0 aromatic carbocycles. The lowest BCUT2D eigenvalue weighted by Gasteiger charge is -2.36. The Kier molecular flexibility index (Phi) is 12.0. The van der Waals surface area contributed by atoms with Gasteiger partial charge < -0.3 is 24.3 Å². The summed E-state index contributed by atoms with van der Waals surface area (Å²) in [5.41, 5.74) is 8.69. The number of fused-ring (bicyclic) bond motifs is 6. The lowest BCUT2D eigenvalue weighted by Crippen LogP contribution is -2.62. The number of amides is 3. The predicted molar refractivity (Wildman–Crippen MR) is 210 cm³/mol. The molecule has 2 aliphatic heterocycles. The number of likely N-dealkylation sites (N-methyl/N-ethyl adjacent to an activating group) is 1. The number of esters is 1. The molecule has 55 heavy (non-hydrogen) atoms. The number of aromatic nitrogens is 4. The van der Waals surface area contributed by atoms with E-state index in [0.29, 0.717) is 55.2 Å². The molecular weight excluding hydrogens is 721 g/mol. The quantitative estimate of drug-likeness (QED) is 0.180. The van der Waals surface area contributed by atoms with Crippen molar-refractivity contribution in [3.63, 3.8) is 0 Å². The molecule has 1 fully saturated rings. The van der Waals surface area contributed by atoms with E-state index in [-0.39, 0.29) is 25.0 Å². The van der Waals surface area contributed by atoms with Crippen molar-refractivity contribution in [2.45, 2.75) is 98.0 Å². The summed E-state index contributed by atoms with van der Waals surface area (Å²) in [6, 6.07) is 3.50. The molecule has 4 aromatic rings. The Morgan fingerprint density at radius 1 is 1.25 bits per heavy atom. The first kappa shape index (κ1) is 39.9. The highest BCUT2D eigenvalue weighted by atomic mass is 32.1. The topological polar surface area (TPSA) is 161 Å². The van der Waals surface area contributed by atoms with Crippen LogP contribution in [0.15, 0.2) is 36.0 Å². The van der Waals surface area contributed by atoms with Crippen LogP contribution in [-0.4, -0.2) is 99.1 Å². The molecule has 4 atom stereocenters. The van der Waals surface area contributed by atoms with Gasteiger partial charge in [-0.15, -0.1) is 11.3 Å². The predicted octanol–water partition coefficient (Wildman–Crippen LogP) is 4.71. The second-order valence-electron chi connectivity index (χ2n) is 15.6. The second-order valence-corrected chi connectivity index (χ2v) is 16.5. The van der Waals surface area contributed by atoms with Crippen molar-refractivity contribution in [1.82, 2.24) is 40.2 Å². The maximum Gasteiger partial charge on any atom is 0.324 e. The van der Waals surface area contributed by atoms with Crippen LogP contribution < -0.4 is 10.7 Å². The number of nitrogens with one attached hydrogen (secondary N) is 2. The highest BCUT2D eigenvalue weighted by Crippen LogP contribution is 2.41. The first-order valence-corrected chi connectivity index (χ1v) is 19.8. The maximum atomic E-state index is 14.2. The number of ether oxygens (including phenoxy) is 2. The molecule has 3 amide bonds. The van der Waals surface area contributed by atoms with Crippen molar-refractivity contribution >= 4 is 46.4 Å². The van der Waals surface area contributed by atoms with Crippen LogP contribution in [0.2, 0.25) is 0 Å². The van der Waals surface area contributed by atoms with Crippen LogP contribution in [0.3, 0.4) is 0 Å². The fraction of sp³-hybridized carbons (Fsp3) is 0.525. The Balaban J connectivity index is 1.49. The molecule has 6 heterocycles. The van der Waals surface area contributed by atoms with Gasteiger partial charge in [-0.25, -0.2) is 10.4 Å². The van der Waals surface area contributed by atoms with E-state index in [1.165, 1.54) is 21.2 Å². The molecule has 2 aliphatic rings. The zero-order valence-electron chi connectivity index (χ0n) is 32.9. The van der Waals surface area contributed by atoms with Gasteiger partial charge in [-0.1, -0.05) is 27.7 Å². The molecule has 15 heteroatoms. The molecule has 0 radical (unpaired) electrons. The Bertz CT molecular complexity index is 2060. The third-order valence-corrected chi connectivity index (χ3v) is 11.4. The second kappa shape index (κ2) is 16.6. The van der Waals surface area contributed by atoms with Crippen molar-refractivity contribution in [1.29, 1.82) is 0 Å². The number of hydrazine groups is 1. The number of cyclic esters (lactones) is 1. The number of hydrogen-bond donors (Lipinski definition) is 2. The summed E-state index contributed by atoms with van der Waals surface area (Å²) in [4.78, 5) is 69.2. The van der Waals surface area contributed by atoms with Gasteiger partial charge in [0.2, 0.25) is 12.3 Å². The van der Waals surface area contributed by atoms with Crippen LogP contribution in [-0.2, 0) is 48.0 Å². The average molecular weight is 773 g/mol. The molecule has 14 nitrogen and oxygen atoms in total. The summed E-state index contributed by atoms with van der Waals surface area (Å²) in [6.07, 6.45) is 5.71. The third-order valence-electron chi connectivity index (χ3n) is 10.5. The molecule has 2 N–H and O–H groups in total. The van der Waals surface area contributed by atoms with Crippen LogP contribution in [0, 0.1) is 11.3 Å². The van der Waals surface area contributed by atoms with Gasteiger partial charge in [-0.2, -0.15) is 0 Å². The SMILES string of the molecule is CCn1c(-c2cccnc2C(C)OC)c2c3cc(ncc31)-c1nc(cs1)CC(NC(=O)C(C(C)C)N(C)C=O)C(=O)N1CCC[C@H](N1)C(=O)OCC(C)(C)C2. The Labute approximate surface area is 326 Å². The van der Waals surface area contributed by atoms with E-state index in [4.69, 9.17) is 24.4 Å². The largest absolute Gasteiger partial charge is 0.464 e. The molecule has 6 rings (SSSR count). The number of methoxy groups -OCH3 is 1. The lowest BCUT2D eigenvalue weighted by atomic mass is 9.84. The molecule has 3 unspecified atom stereocenters. The van der Waals surface area contributed by atoms with Gasteiger partial charge in [0.25, 0.3) is 5.91 Å². The van der Waals surface area contributed by atoms with E-state index in [1.807, 2.05) is 38.4 Å². The normalized spacial score (nSPS) is 20.1. The standard InChI is InChI=1S/C40H52N8O6S/c1-9-47-32-19-42-30-17-27(32)28(35(47)26-12-10-14-41-33(26)24(4)53-8)18-40(5,6)21-54-39(52)29-13-11-15-48(45-29)38(51)31(16-25-20-55-37(30)43-25)44-36(50)34(23(2)3)46(7)22-49/h10,12,14,17,19-20,22-24,29,31,34,45H,9,11,13,15-16,18,21H2,1-8H3,(H,44,50)/t24?,29-,31?,34?/m0/s1. The molecule has 1 saturated heterocycles. The van der Waals surface area contributed by atoms with Crippen LogP contribution in [0.4, 0.5) is 0 Å². The highest BCUT2D eigenvalue weighted by Gasteiger charge is 2.37. The Hall–Kier alpha value is -4.73. The van der Waals surface area contributed by atoms with E-state index >= 15 is 0 Å². The number of thiazole rings is 1. The summed E-state index contributed by atoms with van der Waals surface area (Å²) < 4.78 is 14.1. The van der Waals surface area contributed by atoms with E-state index in [9.17, 15) is 19.2 Å². The van der Waals surface area contributed by atoms with Crippen LogP contribution in [0.25, 0.3) is 32.9 Å². The Morgan fingerprint density at radius 3 is 2.75 bits per heavy atom. The zero-order chi connectivity index (χ0) is 39.6. The van der Waals surface area contributed by atoms with Crippen LogP contribution >= 0.6 is 11.3 Å². The van der Waals surface area contributed by atoms with Crippen molar-refractivity contribution in [2.24, 2.45) is 11.3 Å². The number of aryl methyl sites for hydroxylation is 1. The van der Waals surface area contributed by atoms with Gasteiger partial charge in [0.15, 0.2) is 0 Å². The maximum absolute atomic E-state index is 14.2. The number of carbonyl (C=O) groups is 4. The first-order valence-electron chi connectivity index (χ1n) is 18.9.